The second kappa shape index (κ2) is 9.21. The molecular weight excluding hydrogens is 358 g/mol. The first kappa shape index (κ1) is 19.6. The Labute approximate surface area is 172 Å². The summed E-state index contributed by atoms with van der Waals surface area (Å²) in [6.45, 7) is 5.98. The van der Waals surface area contributed by atoms with Gasteiger partial charge in [-0.1, -0.05) is 60.7 Å². The third kappa shape index (κ3) is 4.84. The molecule has 1 fully saturated rings. The molecule has 2 N–H and O–H groups in total. The molecule has 29 heavy (non-hydrogen) atoms. The van der Waals surface area contributed by atoms with Gasteiger partial charge in [-0.25, -0.2) is 0 Å². The number of nitrogens with zero attached hydrogens (tertiary/aromatic N) is 1. The van der Waals surface area contributed by atoms with E-state index in [9.17, 15) is 4.79 Å². The van der Waals surface area contributed by atoms with E-state index in [4.69, 9.17) is 0 Å². The number of fused-ring (bicyclic) bond motifs is 1. The Bertz CT molecular complexity index is 973. The highest BCUT2D eigenvalue weighted by atomic mass is 16.2. The zero-order chi connectivity index (χ0) is 20.1. The first-order valence-electron chi connectivity index (χ1n) is 10.5. The minimum Gasteiger partial charge on any atom is -0.324 e. The molecule has 1 atom stereocenters. The molecule has 0 unspecified atom stereocenters. The molecule has 1 amide bonds. The summed E-state index contributed by atoms with van der Waals surface area (Å²) in [6.07, 6.45) is 2.59. The van der Waals surface area contributed by atoms with Crippen molar-refractivity contribution in [3.05, 3.63) is 77.9 Å². The van der Waals surface area contributed by atoms with Crippen molar-refractivity contribution in [2.24, 2.45) is 0 Å². The van der Waals surface area contributed by atoms with Crippen LogP contribution < -0.4 is 10.6 Å². The predicted octanol–water partition coefficient (Wildman–Crippen LogP) is 4.55. The number of likely N-dealkylation sites (tertiary alicyclic amines) is 1. The van der Waals surface area contributed by atoms with Gasteiger partial charge in [0.2, 0.25) is 5.91 Å². The molecule has 4 nitrogen and oxygen atoms in total. The summed E-state index contributed by atoms with van der Waals surface area (Å²) in [4.78, 5) is 15.3. The van der Waals surface area contributed by atoms with Gasteiger partial charge < -0.3 is 10.6 Å². The summed E-state index contributed by atoms with van der Waals surface area (Å²) in [5.74, 6) is -0.0154. The number of hydrogen-bond donors (Lipinski definition) is 2. The summed E-state index contributed by atoms with van der Waals surface area (Å²) in [7, 11) is 0. The molecule has 1 aliphatic rings. The fourth-order valence-corrected chi connectivity index (χ4v) is 4.00. The summed E-state index contributed by atoms with van der Waals surface area (Å²) in [5.41, 5.74) is 3.48. The predicted molar refractivity (Wildman–Crippen MR) is 120 cm³/mol. The van der Waals surface area contributed by atoms with E-state index in [1.807, 2.05) is 37.3 Å². The molecule has 0 bridgehead atoms. The Balaban J connectivity index is 1.38. The number of rotatable bonds is 7. The SMILES string of the molecule is C[C@H](NCc1ccccc1CN1CCCC1)C(=O)Nc1cccc2ccccc12. The molecule has 0 aliphatic carbocycles. The molecule has 3 aromatic rings. The highest BCUT2D eigenvalue weighted by molar-refractivity contribution is 6.03. The monoisotopic (exact) mass is 387 g/mol. The Morgan fingerprint density at radius 3 is 2.45 bits per heavy atom. The molecular formula is C25H29N3O. The van der Waals surface area contributed by atoms with Crippen molar-refractivity contribution < 1.29 is 4.79 Å². The van der Waals surface area contributed by atoms with Gasteiger partial charge in [-0.15, -0.1) is 0 Å². The maximum atomic E-state index is 12.8. The third-order valence-electron chi connectivity index (χ3n) is 5.75. The average Bonchev–Trinajstić information content (AvgIpc) is 3.26. The van der Waals surface area contributed by atoms with E-state index >= 15 is 0 Å². The standard InChI is InChI=1S/C25H29N3O/c1-19(25(29)27-24-14-8-12-20-9-4-5-13-23(20)24)26-17-21-10-2-3-11-22(21)18-28-15-6-7-16-28/h2-5,8-14,19,26H,6-7,15-18H2,1H3,(H,27,29)/t19-/m0/s1. The van der Waals surface area contributed by atoms with E-state index in [1.165, 1.54) is 37.1 Å². The maximum absolute atomic E-state index is 12.8. The number of benzene rings is 3. The van der Waals surface area contributed by atoms with Gasteiger partial charge in [0.1, 0.15) is 0 Å². The minimum absolute atomic E-state index is 0.0154. The van der Waals surface area contributed by atoms with Gasteiger partial charge in [-0.05, 0) is 55.4 Å². The van der Waals surface area contributed by atoms with Gasteiger partial charge in [0.15, 0.2) is 0 Å². The lowest BCUT2D eigenvalue weighted by Gasteiger charge is -2.19. The molecule has 0 radical (unpaired) electrons. The van der Waals surface area contributed by atoms with Crippen LogP contribution in [0.5, 0.6) is 0 Å². The molecule has 4 rings (SSSR count). The van der Waals surface area contributed by atoms with Crippen LogP contribution in [0.4, 0.5) is 5.69 Å². The van der Waals surface area contributed by atoms with Crippen molar-refractivity contribution in [1.82, 2.24) is 10.2 Å². The third-order valence-corrected chi connectivity index (χ3v) is 5.75. The van der Waals surface area contributed by atoms with E-state index < -0.39 is 0 Å². The van der Waals surface area contributed by atoms with Crippen molar-refractivity contribution >= 4 is 22.4 Å². The van der Waals surface area contributed by atoms with E-state index in [1.54, 1.807) is 0 Å². The molecule has 1 heterocycles. The van der Waals surface area contributed by atoms with Gasteiger partial charge in [0.25, 0.3) is 0 Å². The van der Waals surface area contributed by atoms with Crippen LogP contribution in [0, 0.1) is 0 Å². The van der Waals surface area contributed by atoms with Crippen LogP contribution in [0.25, 0.3) is 10.8 Å². The smallest absolute Gasteiger partial charge is 0.241 e. The van der Waals surface area contributed by atoms with E-state index in [0.29, 0.717) is 6.54 Å². The van der Waals surface area contributed by atoms with Crippen LogP contribution in [-0.2, 0) is 17.9 Å². The van der Waals surface area contributed by atoms with Crippen LogP contribution in [0.2, 0.25) is 0 Å². The Morgan fingerprint density at radius 2 is 1.62 bits per heavy atom. The zero-order valence-electron chi connectivity index (χ0n) is 17.0. The van der Waals surface area contributed by atoms with E-state index in [-0.39, 0.29) is 11.9 Å². The number of carbonyl (C=O) groups is 1. The normalized spacial score (nSPS) is 15.5. The lowest BCUT2D eigenvalue weighted by Crippen LogP contribution is -2.38. The fourth-order valence-electron chi connectivity index (χ4n) is 4.00. The minimum atomic E-state index is -0.284. The number of nitrogens with one attached hydrogen (secondary N) is 2. The van der Waals surface area contributed by atoms with Gasteiger partial charge in [0.05, 0.1) is 6.04 Å². The van der Waals surface area contributed by atoms with Gasteiger partial charge in [-0.2, -0.15) is 0 Å². The van der Waals surface area contributed by atoms with Gasteiger partial charge >= 0.3 is 0 Å². The Kier molecular flexibility index (Phi) is 6.23. The first-order valence-corrected chi connectivity index (χ1v) is 10.5. The average molecular weight is 388 g/mol. The van der Waals surface area contributed by atoms with E-state index in [0.717, 1.165) is 23.0 Å². The largest absolute Gasteiger partial charge is 0.324 e. The summed E-state index contributed by atoms with van der Waals surface area (Å²) >= 11 is 0. The van der Waals surface area contributed by atoms with Crippen LogP contribution in [-0.4, -0.2) is 29.9 Å². The second-order valence-electron chi connectivity index (χ2n) is 7.87. The van der Waals surface area contributed by atoms with Crippen molar-refractivity contribution in [2.75, 3.05) is 18.4 Å². The van der Waals surface area contributed by atoms with Crippen LogP contribution in [0.1, 0.15) is 30.9 Å². The van der Waals surface area contributed by atoms with Crippen molar-refractivity contribution in [3.8, 4) is 0 Å². The molecule has 0 aromatic heterocycles. The fraction of sp³-hybridized carbons (Fsp3) is 0.320. The molecule has 150 valence electrons. The maximum Gasteiger partial charge on any atom is 0.241 e. The van der Waals surface area contributed by atoms with Crippen LogP contribution in [0.15, 0.2) is 66.7 Å². The molecule has 4 heteroatoms. The number of hydrogen-bond acceptors (Lipinski definition) is 3. The lowest BCUT2D eigenvalue weighted by molar-refractivity contribution is -0.117. The van der Waals surface area contributed by atoms with Crippen molar-refractivity contribution in [1.29, 1.82) is 0 Å². The molecule has 1 saturated heterocycles. The first-order chi connectivity index (χ1) is 14.2. The molecule has 0 saturated carbocycles. The van der Waals surface area contributed by atoms with Crippen LogP contribution in [0.3, 0.4) is 0 Å². The quantitative estimate of drug-likeness (QED) is 0.625. The molecule has 1 aliphatic heterocycles. The summed E-state index contributed by atoms with van der Waals surface area (Å²) in [6, 6.07) is 22.4. The van der Waals surface area contributed by atoms with Crippen LogP contribution >= 0.6 is 0 Å². The zero-order valence-corrected chi connectivity index (χ0v) is 17.0. The van der Waals surface area contributed by atoms with Gasteiger partial charge in [0, 0.05) is 24.2 Å². The Hall–Kier alpha value is -2.69. The van der Waals surface area contributed by atoms with Gasteiger partial charge in [-0.3, -0.25) is 9.69 Å². The Morgan fingerprint density at radius 1 is 0.931 bits per heavy atom. The highest BCUT2D eigenvalue weighted by Crippen LogP contribution is 2.23. The second-order valence-corrected chi connectivity index (χ2v) is 7.87. The number of anilines is 1. The van der Waals surface area contributed by atoms with Crippen molar-refractivity contribution in [2.45, 2.75) is 38.9 Å². The van der Waals surface area contributed by atoms with E-state index in [2.05, 4.69) is 51.9 Å². The summed E-state index contributed by atoms with van der Waals surface area (Å²) < 4.78 is 0. The molecule has 0 spiro atoms. The lowest BCUT2D eigenvalue weighted by atomic mass is 10.1. The highest BCUT2D eigenvalue weighted by Gasteiger charge is 2.16. The molecule has 3 aromatic carbocycles. The number of amides is 1. The topological polar surface area (TPSA) is 44.4 Å². The summed E-state index contributed by atoms with van der Waals surface area (Å²) in [5, 5.41) is 8.67. The number of carbonyl (C=O) groups excluding carboxylic acids is 1. The van der Waals surface area contributed by atoms with Crippen molar-refractivity contribution in [3.63, 3.8) is 0 Å².